The molecule has 0 atom stereocenters. The van der Waals surface area contributed by atoms with Gasteiger partial charge in [-0.1, -0.05) is 12.1 Å². The van der Waals surface area contributed by atoms with Gasteiger partial charge in [0.15, 0.2) is 0 Å². The Morgan fingerprint density at radius 2 is 2.00 bits per heavy atom. The Bertz CT molecular complexity index is 544. The molecular formula is C15H19N3O. The van der Waals surface area contributed by atoms with Crippen LogP contribution in [0.2, 0.25) is 0 Å². The SMILES string of the molecule is COc1ccccc1-c1nc[nH]c1C1CCNCC1. The van der Waals surface area contributed by atoms with Crippen molar-refractivity contribution in [3.05, 3.63) is 36.3 Å². The van der Waals surface area contributed by atoms with Crippen molar-refractivity contribution >= 4 is 0 Å². The van der Waals surface area contributed by atoms with E-state index in [1.165, 1.54) is 5.69 Å². The van der Waals surface area contributed by atoms with E-state index in [-0.39, 0.29) is 0 Å². The zero-order chi connectivity index (χ0) is 13.1. The van der Waals surface area contributed by atoms with Crippen LogP contribution in [-0.2, 0) is 0 Å². The summed E-state index contributed by atoms with van der Waals surface area (Å²) in [6.45, 7) is 2.16. The third-order valence-electron chi connectivity index (χ3n) is 3.78. The van der Waals surface area contributed by atoms with Crippen molar-refractivity contribution in [1.82, 2.24) is 15.3 Å². The van der Waals surface area contributed by atoms with Crippen LogP contribution in [0.1, 0.15) is 24.5 Å². The minimum Gasteiger partial charge on any atom is -0.496 e. The average molecular weight is 257 g/mol. The molecule has 0 amide bonds. The van der Waals surface area contributed by atoms with Gasteiger partial charge in [0.2, 0.25) is 0 Å². The van der Waals surface area contributed by atoms with Crippen molar-refractivity contribution in [2.75, 3.05) is 20.2 Å². The maximum absolute atomic E-state index is 5.45. The van der Waals surface area contributed by atoms with Crippen LogP contribution < -0.4 is 10.1 Å². The van der Waals surface area contributed by atoms with E-state index < -0.39 is 0 Å². The third-order valence-corrected chi connectivity index (χ3v) is 3.78. The molecule has 0 saturated carbocycles. The zero-order valence-electron chi connectivity index (χ0n) is 11.1. The van der Waals surface area contributed by atoms with Crippen molar-refractivity contribution in [2.45, 2.75) is 18.8 Å². The van der Waals surface area contributed by atoms with Crippen LogP contribution in [0.25, 0.3) is 11.3 Å². The lowest BCUT2D eigenvalue weighted by molar-refractivity contribution is 0.416. The number of nitrogens with zero attached hydrogens (tertiary/aromatic N) is 1. The first-order valence-electron chi connectivity index (χ1n) is 6.77. The van der Waals surface area contributed by atoms with Gasteiger partial charge in [-0.15, -0.1) is 0 Å². The Hall–Kier alpha value is -1.81. The van der Waals surface area contributed by atoms with E-state index in [9.17, 15) is 0 Å². The highest BCUT2D eigenvalue weighted by molar-refractivity contribution is 5.69. The molecule has 0 unspecified atom stereocenters. The maximum atomic E-state index is 5.45. The highest BCUT2D eigenvalue weighted by Gasteiger charge is 2.22. The van der Waals surface area contributed by atoms with Gasteiger partial charge in [-0.25, -0.2) is 4.98 Å². The summed E-state index contributed by atoms with van der Waals surface area (Å²) in [5, 5.41) is 3.40. The topological polar surface area (TPSA) is 49.9 Å². The number of hydrogen-bond donors (Lipinski definition) is 2. The third kappa shape index (κ3) is 2.36. The molecule has 0 bridgehead atoms. The first-order valence-corrected chi connectivity index (χ1v) is 6.77. The molecule has 4 heteroatoms. The number of piperidine rings is 1. The summed E-state index contributed by atoms with van der Waals surface area (Å²) in [6.07, 6.45) is 4.10. The van der Waals surface area contributed by atoms with E-state index in [0.29, 0.717) is 5.92 Å². The highest BCUT2D eigenvalue weighted by Crippen LogP contribution is 2.35. The van der Waals surface area contributed by atoms with Crippen molar-refractivity contribution in [3.8, 4) is 17.0 Å². The fourth-order valence-electron chi connectivity index (χ4n) is 2.78. The molecule has 100 valence electrons. The summed E-state index contributed by atoms with van der Waals surface area (Å²) in [5.41, 5.74) is 3.34. The van der Waals surface area contributed by atoms with Crippen molar-refractivity contribution in [2.24, 2.45) is 0 Å². The zero-order valence-corrected chi connectivity index (χ0v) is 11.1. The number of benzene rings is 1. The van der Waals surface area contributed by atoms with Gasteiger partial charge in [0.05, 0.1) is 19.1 Å². The van der Waals surface area contributed by atoms with Crippen LogP contribution >= 0.6 is 0 Å². The van der Waals surface area contributed by atoms with Crippen molar-refractivity contribution in [1.29, 1.82) is 0 Å². The largest absolute Gasteiger partial charge is 0.496 e. The van der Waals surface area contributed by atoms with Crippen LogP contribution in [0.15, 0.2) is 30.6 Å². The van der Waals surface area contributed by atoms with Crippen LogP contribution in [0.3, 0.4) is 0 Å². The number of ether oxygens (including phenoxy) is 1. The van der Waals surface area contributed by atoms with E-state index >= 15 is 0 Å². The van der Waals surface area contributed by atoms with E-state index in [2.05, 4.69) is 21.4 Å². The van der Waals surface area contributed by atoms with Gasteiger partial charge in [0.25, 0.3) is 0 Å². The van der Waals surface area contributed by atoms with E-state index in [1.807, 2.05) is 18.2 Å². The second kappa shape index (κ2) is 5.45. The Balaban J connectivity index is 1.99. The van der Waals surface area contributed by atoms with E-state index in [1.54, 1.807) is 13.4 Å². The molecule has 1 aromatic carbocycles. The molecule has 2 N–H and O–H groups in total. The lowest BCUT2D eigenvalue weighted by Crippen LogP contribution is -2.27. The fourth-order valence-corrected chi connectivity index (χ4v) is 2.78. The summed E-state index contributed by atoms with van der Waals surface area (Å²) < 4.78 is 5.45. The molecule has 3 rings (SSSR count). The average Bonchev–Trinajstić information content (AvgIpc) is 2.97. The second-order valence-electron chi connectivity index (χ2n) is 4.89. The molecule has 0 radical (unpaired) electrons. The number of aromatic nitrogens is 2. The molecule has 0 aliphatic carbocycles. The van der Waals surface area contributed by atoms with Crippen molar-refractivity contribution < 1.29 is 4.74 Å². The molecule has 1 aliphatic heterocycles. The Kier molecular flexibility index (Phi) is 3.51. The normalized spacial score (nSPS) is 16.5. The second-order valence-corrected chi connectivity index (χ2v) is 4.89. The van der Waals surface area contributed by atoms with Gasteiger partial charge < -0.3 is 15.0 Å². The van der Waals surface area contributed by atoms with Crippen LogP contribution in [0, 0.1) is 0 Å². The predicted octanol–water partition coefficient (Wildman–Crippen LogP) is 2.55. The summed E-state index contributed by atoms with van der Waals surface area (Å²) in [5.74, 6) is 1.44. The first-order chi connectivity index (χ1) is 9.40. The fraction of sp³-hybridized carbons (Fsp3) is 0.400. The van der Waals surface area contributed by atoms with Crippen LogP contribution in [0.4, 0.5) is 0 Å². The van der Waals surface area contributed by atoms with E-state index in [4.69, 9.17) is 4.74 Å². The van der Waals surface area contributed by atoms with Gasteiger partial charge in [0.1, 0.15) is 5.75 Å². The van der Waals surface area contributed by atoms with Crippen LogP contribution in [-0.4, -0.2) is 30.2 Å². The highest BCUT2D eigenvalue weighted by atomic mass is 16.5. The summed E-state index contributed by atoms with van der Waals surface area (Å²) >= 11 is 0. The molecule has 0 spiro atoms. The minimum atomic E-state index is 0.559. The Morgan fingerprint density at radius 1 is 1.21 bits per heavy atom. The van der Waals surface area contributed by atoms with Gasteiger partial charge in [-0.3, -0.25) is 0 Å². The van der Waals surface area contributed by atoms with Gasteiger partial charge in [-0.05, 0) is 38.1 Å². The number of rotatable bonds is 3. The predicted molar refractivity (Wildman–Crippen MR) is 75.4 cm³/mol. The quantitative estimate of drug-likeness (QED) is 0.888. The van der Waals surface area contributed by atoms with Gasteiger partial charge >= 0.3 is 0 Å². The molecule has 1 aromatic heterocycles. The standard InChI is InChI=1S/C15H19N3O/c1-19-13-5-3-2-4-12(13)15-14(17-10-18-15)11-6-8-16-9-7-11/h2-5,10-11,16H,6-9H2,1H3,(H,17,18). The first kappa shape index (κ1) is 12.2. The molecule has 1 fully saturated rings. The molecular weight excluding hydrogens is 238 g/mol. The number of hydrogen-bond acceptors (Lipinski definition) is 3. The molecule has 19 heavy (non-hydrogen) atoms. The summed E-state index contributed by atoms with van der Waals surface area (Å²) in [7, 11) is 1.70. The lowest BCUT2D eigenvalue weighted by atomic mass is 9.91. The lowest BCUT2D eigenvalue weighted by Gasteiger charge is -2.22. The number of H-pyrrole nitrogens is 1. The van der Waals surface area contributed by atoms with Gasteiger partial charge in [-0.2, -0.15) is 0 Å². The number of para-hydroxylation sites is 1. The van der Waals surface area contributed by atoms with E-state index in [0.717, 1.165) is 42.9 Å². The monoisotopic (exact) mass is 257 g/mol. The maximum Gasteiger partial charge on any atom is 0.128 e. The number of imidazole rings is 1. The minimum absolute atomic E-state index is 0.559. The Morgan fingerprint density at radius 3 is 2.79 bits per heavy atom. The molecule has 4 nitrogen and oxygen atoms in total. The summed E-state index contributed by atoms with van der Waals surface area (Å²) in [6, 6.07) is 8.06. The summed E-state index contributed by atoms with van der Waals surface area (Å²) in [4.78, 5) is 7.85. The molecule has 2 heterocycles. The molecule has 1 aliphatic rings. The number of aromatic amines is 1. The smallest absolute Gasteiger partial charge is 0.128 e. The number of nitrogens with one attached hydrogen (secondary N) is 2. The Labute approximate surface area is 113 Å². The van der Waals surface area contributed by atoms with Crippen LogP contribution in [0.5, 0.6) is 5.75 Å². The number of methoxy groups -OCH3 is 1. The van der Waals surface area contributed by atoms with Crippen molar-refractivity contribution in [3.63, 3.8) is 0 Å². The van der Waals surface area contributed by atoms with Gasteiger partial charge in [0, 0.05) is 17.2 Å². The molecule has 1 saturated heterocycles. The molecule has 2 aromatic rings.